The van der Waals surface area contributed by atoms with Crippen LogP contribution in [-0.4, -0.2) is 20.7 Å². The number of aliphatic hydroxyl groups excluding tert-OH is 1. The third kappa shape index (κ3) is 1.83. The molecular formula is C17H17NO3. The molecule has 1 atom stereocenters. The first-order valence-electron chi connectivity index (χ1n) is 6.82. The van der Waals surface area contributed by atoms with Crippen LogP contribution in [0.25, 0.3) is 5.57 Å². The van der Waals surface area contributed by atoms with Crippen LogP contribution in [0.5, 0.6) is 0 Å². The number of hydrogen-bond donors (Lipinski definition) is 2. The predicted molar refractivity (Wildman–Crippen MR) is 80.3 cm³/mol. The van der Waals surface area contributed by atoms with Gasteiger partial charge < -0.3 is 14.8 Å². The van der Waals surface area contributed by atoms with Gasteiger partial charge in [0, 0.05) is 24.0 Å². The topological polar surface area (TPSA) is 62.5 Å². The highest BCUT2D eigenvalue weighted by Gasteiger charge is 2.29. The van der Waals surface area contributed by atoms with Crippen molar-refractivity contribution in [3.8, 4) is 0 Å². The zero-order chi connectivity index (χ0) is 15.3. The molecule has 108 valence electrons. The maximum absolute atomic E-state index is 11.7. The molecule has 21 heavy (non-hydrogen) atoms. The Kier molecular flexibility index (Phi) is 2.99. The van der Waals surface area contributed by atoms with Gasteiger partial charge in [0.1, 0.15) is 0 Å². The van der Waals surface area contributed by atoms with Crippen molar-refractivity contribution in [2.75, 3.05) is 0 Å². The minimum Gasteiger partial charge on any atom is -0.478 e. The van der Waals surface area contributed by atoms with Gasteiger partial charge in [-0.3, -0.25) is 0 Å². The number of aromatic carboxylic acids is 1. The number of carboxylic acid groups (broad SMARTS) is 1. The predicted octanol–water partition coefficient (Wildman–Crippen LogP) is 2.82. The summed E-state index contributed by atoms with van der Waals surface area (Å²) in [4.78, 5) is 11.7. The fourth-order valence-corrected chi connectivity index (χ4v) is 3.10. The second-order valence-electron chi connectivity index (χ2n) is 5.40. The SMILES string of the molecule is Cc1c(C(=O)O)c(C2=CC(O)c3ccccc32)c(C)n1C. The first-order chi connectivity index (χ1) is 9.93. The van der Waals surface area contributed by atoms with Crippen molar-refractivity contribution in [1.82, 2.24) is 4.57 Å². The van der Waals surface area contributed by atoms with Gasteiger partial charge in [-0.25, -0.2) is 4.79 Å². The molecule has 2 N–H and O–H groups in total. The second kappa shape index (κ2) is 4.60. The molecule has 1 unspecified atom stereocenters. The van der Waals surface area contributed by atoms with Crippen molar-refractivity contribution >= 4 is 11.5 Å². The van der Waals surface area contributed by atoms with Crippen LogP contribution in [0.1, 0.15) is 44.5 Å². The molecule has 1 aliphatic carbocycles. The number of carbonyl (C=O) groups is 1. The zero-order valence-corrected chi connectivity index (χ0v) is 12.2. The van der Waals surface area contributed by atoms with Crippen LogP contribution in [0.3, 0.4) is 0 Å². The fourth-order valence-electron chi connectivity index (χ4n) is 3.10. The first-order valence-corrected chi connectivity index (χ1v) is 6.82. The van der Waals surface area contributed by atoms with Crippen molar-refractivity contribution in [1.29, 1.82) is 0 Å². The molecule has 0 aliphatic heterocycles. The Morgan fingerprint density at radius 1 is 1.19 bits per heavy atom. The highest BCUT2D eigenvalue weighted by Crippen LogP contribution is 2.41. The highest BCUT2D eigenvalue weighted by molar-refractivity contribution is 6.00. The second-order valence-corrected chi connectivity index (χ2v) is 5.40. The molecule has 4 nitrogen and oxygen atoms in total. The summed E-state index contributed by atoms with van der Waals surface area (Å²) >= 11 is 0. The van der Waals surface area contributed by atoms with Gasteiger partial charge >= 0.3 is 5.97 Å². The molecule has 0 spiro atoms. The molecule has 1 aromatic carbocycles. The van der Waals surface area contributed by atoms with Gasteiger partial charge in [-0.1, -0.05) is 24.3 Å². The van der Waals surface area contributed by atoms with Crippen LogP contribution in [0, 0.1) is 13.8 Å². The molecule has 4 heteroatoms. The summed E-state index contributed by atoms with van der Waals surface area (Å²) in [7, 11) is 1.86. The Morgan fingerprint density at radius 2 is 1.86 bits per heavy atom. The van der Waals surface area contributed by atoms with E-state index in [4.69, 9.17) is 0 Å². The lowest BCUT2D eigenvalue weighted by atomic mass is 9.95. The van der Waals surface area contributed by atoms with Crippen molar-refractivity contribution in [3.63, 3.8) is 0 Å². The fraction of sp³-hybridized carbons (Fsp3) is 0.235. The Hall–Kier alpha value is -2.33. The van der Waals surface area contributed by atoms with Gasteiger partial charge in [0.05, 0.1) is 11.7 Å². The molecule has 3 rings (SSSR count). The molecule has 0 fully saturated rings. The van der Waals surface area contributed by atoms with Crippen molar-refractivity contribution < 1.29 is 15.0 Å². The summed E-state index contributed by atoms with van der Waals surface area (Å²) in [6, 6.07) is 7.57. The third-order valence-corrected chi connectivity index (χ3v) is 4.36. The van der Waals surface area contributed by atoms with Crippen molar-refractivity contribution in [2.24, 2.45) is 7.05 Å². The number of aromatic nitrogens is 1. The molecule has 0 bridgehead atoms. The molecule has 0 radical (unpaired) electrons. The van der Waals surface area contributed by atoms with Gasteiger partial charge in [0.2, 0.25) is 0 Å². The lowest BCUT2D eigenvalue weighted by Crippen LogP contribution is -2.02. The summed E-state index contributed by atoms with van der Waals surface area (Å²) in [5.41, 5.74) is 5.15. The van der Waals surface area contributed by atoms with E-state index in [1.165, 1.54) is 0 Å². The quantitative estimate of drug-likeness (QED) is 0.891. The van der Waals surface area contributed by atoms with Crippen molar-refractivity contribution in [3.05, 3.63) is 64.0 Å². The molecule has 0 saturated carbocycles. The number of hydrogen-bond acceptors (Lipinski definition) is 2. The first kappa shape index (κ1) is 13.6. The van der Waals surface area contributed by atoms with Crippen LogP contribution < -0.4 is 0 Å². The summed E-state index contributed by atoms with van der Waals surface area (Å²) in [6.07, 6.45) is 1.05. The number of carboxylic acids is 1. The Labute approximate surface area is 123 Å². The monoisotopic (exact) mass is 283 g/mol. The normalized spacial score (nSPS) is 16.8. The van der Waals surface area contributed by atoms with Crippen LogP contribution >= 0.6 is 0 Å². The Bertz CT molecular complexity index is 784. The van der Waals surface area contributed by atoms with Crippen molar-refractivity contribution in [2.45, 2.75) is 20.0 Å². The van der Waals surface area contributed by atoms with Gasteiger partial charge in [-0.05, 0) is 36.6 Å². The lowest BCUT2D eigenvalue weighted by molar-refractivity contribution is 0.0695. The molecule has 1 aliphatic rings. The van der Waals surface area contributed by atoms with Gasteiger partial charge in [-0.2, -0.15) is 0 Å². The summed E-state index contributed by atoms with van der Waals surface area (Å²) in [6.45, 7) is 3.71. The number of benzene rings is 1. The van der Waals surface area contributed by atoms with E-state index in [1.54, 1.807) is 13.0 Å². The number of nitrogens with zero attached hydrogens (tertiary/aromatic N) is 1. The largest absolute Gasteiger partial charge is 0.478 e. The maximum atomic E-state index is 11.7. The molecule has 1 heterocycles. The van der Waals surface area contributed by atoms with Gasteiger partial charge in [0.25, 0.3) is 0 Å². The molecule has 0 amide bonds. The summed E-state index contributed by atoms with van der Waals surface area (Å²) in [5.74, 6) is -0.939. The Balaban J connectivity index is 2.31. The van der Waals surface area contributed by atoms with Crippen LogP contribution in [0.2, 0.25) is 0 Å². The number of aliphatic hydroxyl groups is 1. The van der Waals surface area contributed by atoms with E-state index in [0.29, 0.717) is 11.1 Å². The van der Waals surface area contributed by atoms with E-state index in [2.05, 4.69) is 0 Å². The number of rotatable bonds is 2. The van der Waals surface area contributed by atoms with Gasteiger partial charge in [0.15, 0.2) is 0 Å². The lowest BCUT2D eigenvalue weighted by Gasteiger charge is -2.08. The van der Waals surface area contributed by atoms with Crippen LogP contribution in [-0.2, 0) is 7.05 Å². The van der Waals surface area contributed by atoms with E-state index in [1.807, 2.05) is 42.8 Å². The summed E-state index contributed by atoms with van der Waals surface area (Å²) in [5, 5.41) is 19.7. The number of fused-ring (bicyclic) bond motifs is 1. The standard InChI is InChI=1S/C17H17NO3/c1-9-15(16(17(20)21)10(2)18(9)3)13-8-14(19)12-7-5-4-6-11(12)13/h4-8,14,19H,1-3H3,(H,20,21). The van der Waals surface area contributed by atoms with Gasteiger partial charge in [-0.15, -0.1) is 0 Å². The van der Waals surface area contributed by atoms with E-state index in [9.17, 15) is 15.0 Å². The minimum absolute atomic E-state index is 0.310. The van der Waals surface area contributed by atoms with Crippen LogP contribution in [0.15, 0.2) is 30.3 Å². The molecule has 0 saturated heterocycles. The average molecular weight is 283 g/mol. The highest BCUT2D eigenvalue weighted by atomic mass is 16.4. The van der Waals surface area contributed by atoms with E-state index in [0.717, 1.165) is 28.1 Å². The van der Waals surface area contributed by atoms with Crippen LogP contribution in [0.4, 0.5) is 0 Å². The molecule has 2 aromatic rings. The average Bonchev–Trinajstić information content (AvgIpc) is 2.89. The molecular weight excluding hydrogens is 266 g/mol. The molecule has 1 aromatic heterocycles. The van der Waals surface area contributed by atoms with E-state index >= 15 is 0 Å². The van der Waals surface area contributed by atoms with E-state index < -0.39 is 12.1 Å². The zero-order valence-electron chi connectivity index (χ0n) is 12.2. The Morgan fingerprint density at radius 3 is 2.52 bits per heavy atom. The van der Waals surface area contributed by atoms with E-state index in [-0.39, 0.29) is 0 Å². The summed E-state index contributed by atoms with van der Waals surface area (Å²) < 4.78 is 1.88. The smallest absolute Gasteiger partial charge is 0.338 e. The maximum Gasteiger partial charge on any atom is 0.338 e. The third-order valence-electron chi connectivity index (χ3n) is 4.36. The minimum atomic E-state index is -0.939.